The number of aryl methyl sites for hydroxylation is 1. The Morgan fingerprint density at radius 1 is 1.15 bits per heavy atom. The molecule has 2 amide bonds. The molecule has 2 aromatic carbocycles. The molecule has 2 aromatic rings. The van der Waals surface area contributed by atoms with E-state index >= 15 is 0 Å². The van der Waals surface area contributed by atoms with Gasteiger partial charge in [-0.1, -0.05) is 12.1 Å². The van der Waals surface area contributed by atoms with Crippen molar-refractivity contribution >= 4 is 29.0 Å². The predicted molar refractivity (Wildman–Crippen MR) is 98.7 cm³/mol. The molecular formula is C20H20N2O4. The lowest BCUT2D eigenvalue weighted by atomic mass is 10.0. The molecule has 6 heteroatoms. The predicted octanol–water partition coefficient (Wildman–Crippen LogP) is 2.95. The van der Waals surface area contributed by atoms with Crippen molar-refractivity contribution < 1.29 is 19.1 Å². The van der Waals surface area contributed by atoms with Crippen molar-refractivity contribution in [3.05, 3.63) is 53.6 Å². The van der Waals surface area contributed by atoms with Crippen LogP contribution in [-0.4, -0.2) is 31.3 Å². The molecule has 0 fully saturated rings. The lowest BCUT2D eigenvalue weighted by Crippen LogP contribution is -2.35. The third-order valence-electron chi connectivity index (χ3n) is 4.25. The van der Waals surface area contributed by atoms with Crippen LogP contribution in [0, 0.1) is 6.92 Å². The molecule has 0 atom stereocenters. The monoisotopic (exact) mass is 352 g/mol. The average Bonchev–Trinajstić information content (AvgIpc) is 2.62. The summed E-state index contributed by atoms with van der Waals surface area (Å²) in [5, 5.41) is 2.79. The molecule has 0 saturated heterocycles. The van der Waals surface area contributed by atoms with Crippen molar-refractivity contribution in [3.8, 4) is 5.75 Å². The summed E-state index contributed by atoms with van der Waals surface area (Å²) in [5.41, 5.74) is 2.79. The van der Waals surface area contributed by atoms with Gasteiger partial charge in [0.05, 0.1) is 5.69 Å². The van der Waals surface area contributed by atoms with Crippen LogP contribution in [0.15, 0.2) is 42.5 Å². The summed E-state index contributed by atoms with van der Waals surface area (Å²) < 4.78 is 5.35. The van der Waals surface area contributed by atoms with E-state index in [4.69, 9.17) is 4.74 Å². The van der Waals surface area contributed by atoms with E-state index in [1.165, 1.54) is 4.90 Å². The molecule has 0 radical (unpaired) electrons. The molecule has 0 unspecified atom stereocenters. The van der Waals surface area contributed by atoms with Gasteiger partial charge in [0, 0.05) is 31.1 Å². The van der Waals surface area contributed by atoms with Crippen LogP contribution in [-0.2, 0) is 9.59 Å². The molecule has 0 bridgehead atoms. The normalized spacial score (nSPS) is 13.0. The van der Waals surface area contributed by atoms with Crippen molar-refractivity contribution in [1.29, 1.82) is 0 Å². The SMILES string of the molecule is Cc1cccc(NC(=O)CCC(=O)c2ccc3c(c2)N(C)C(=O)CO3)c1. The Bertz CT molecular complexity index is 876. The number of likely N-dealkylation sites (N-methyl/N-ethyl adjacent to an activating group) is 1. The Kier molecular flexibility index (Phi) is 5.02. The molecule has 0 saturated carbocycles. The first-order valence-electron chi connectivity index (χ1n) is 8.37. The molecule has 3 rings (SSSR count). The van der Waals surface area contributed by atoms with Crippen LogP contribution >= 0.6 is 0 Å². The van der Waals surface area contributed by atoms with E-state index in [9.17, 15) is 14.4 Å². The minimum Gasteiger partial charge on any atom is -0.482 e. The van der Waals surface area contributed by atoms with E-state index in [0.29, 0.717) is 22.7 Å². The first kappa shape index (κ1) is 17.7. The number of hydrogen-bond donors (Lipinski definition) is 1. The fraction of sp³-hybridized carbons (Fsp3) is 0.250. The van der Waals surface area contributed by atoms with Crippen LogP contribution in [0.5, 0.6) is 5.75 Å². The van der Waals surface area contributed by atoms with E-state index in [2.05, 4.69) is 5.32 Å². The van der Waals surface area contributed by atoms with Gasteiger partial charge < -0.3 is 15.0 Å². The number of amides is 2. The van der Waals surface area contributed by atoms with E-state index in [0.717, 1.165) is 5.56 Å². The molecule has 1 aliphatic rings. The standard InChI is InChI=1S/C20H20N2O4/c1-13-4-3-5-15(10-13)21-19(24)9-7-17(23)14-6-8-18-16(11-14)22(2)20(25)12-26-18/h3-6,8,10-11H,7,9,12H2,1-2H3,(H,21,24). The third-order valence-corrected chi connectivity index (χ3v) is 4.25. The summed E-state index contributed by atoms with van der Waals surface area (Å²) in [6, 6.07) is 12.5. The molecule has 26 heavy (non-hydrogen) atoms. The largest absolute Gasteiger partial charge is 0.482 e. The summed E-state index contributed by atoms with van der Waals surface area (Å²) in [6.45, 7) is 1.94. The van der Waals surface area contributed by atoms with Crippen LogP contribution in [0.3, 0.4) is 0 Å². The minimum absolute atomic E-state index is 0.00404. The van der Waals surface area contributed by atoms with Gasteiger partial charge in [-0.25, -0.2) is 0 Å². The van der Waals surface area contributed by atoms with E-state index in [1.54, 1.807) is 25.2 Å². The van der Waals surface area contributed by atoms with Crippen molar-refractivity contribution in [2.45, 2.75) is 19.8 Å². The van der Waals surface area contributed by atoms with Crippen LogP contribution in [0.1, 0.15) is 28.8 Å². The summed E-state index contributed by atoms with van der Waals surface area (Å²) >= 11 is 0. The highest BCUT2D eigenvalue weighted by atomic mass is 16.5. The average molecular weight is 352 g/mol. The van der Waals surface area contributed by atoms with Crippen LogP contribution in [0.4, 0.5) is 11.4 Å². The van der Waals surface area contributed by atoms with Gasteiger partial charge in [0.25, 0.3) is 5.91 Å². The van der Waals surface area contributed by atoms with E-state index in [-0.39, 0.29) is 37.0 Å². The van der Waals surface area contributed by atoms with Crippen molar-refractivity contribution in [3.63, 3.8) is 0 Å². The van der Waals surface area contributed by atoms with Gasteiger partial charge in [0.1, 0.15) is 5.75 Å². The maximum absolute atomic E-state index is 12.4. The zero-order valence-electron chi connectivity index (χ0n) is 14.7. The quantitative estimate of drug-likeness (QED) is 0.840. The summed E-state index contributed by atoms with van der Waals surface area (Å²) in [4.78, 5) is 37.6. The van der Waals surface area contributed by atoms with Gasteiger partial charge in [-0.15, -0.1) is 0 Å². The van der Waals surface area contributed by atoms with Crippen molar-refractivity contribution in [1.82, 2.24) is 0 Å². The van der Waals surface area contributed by atoms with Gasteiger partial charge in [0.15, 0.2) is 12.4 Å². The second kappa shape index (κ2) is 7.39. The van der Waals surface area contributed by atoms with Crippen LogP contribution in [0.25, 0.3) is 0 Å². The number of benzene rings is 2. The van der Waals surface area contributed by atoms with Crippen LogP contribution in [0.2, 0.25) is 0 Å². The number of Topliss-reactive ketones (excluding diaryl/α,β-unsaturated/α-hetero) is 1. The molecule has 0 spiro atoms. The summed E-state index contributed by atoms with van der Waals surface area (Å²) in [6.07, 6.45) is 0.185. The summed E-state index contributed by atoms with van der Waals surface area (Å²) in [5.74, 6) is 0.0385. The van der Waals surface area contributed by atoms with Crippen molar-refractivity contribution in [2.75, 3.05) is 23.9 Å². The maximum Gasteiger partial charge on any atom is 0.264 e. The fourth-order valence-electron chi connectivity index (χ4n) is 2.76. The number of fused-ring (bicyclic) bond motifs is 1. The first-order valence-corrected chi connectivity index (χ1v) is 8.37. The highest BCUT2D eigenvalue weighted by Gasteiger charge is 2.23. The Morgan fingerprint density at radius 3 is 2.73 bits per heavy atom. The molecular weight excluding hydrogens is 332 g/mol. The molecule has 6 nitrogen and oxygen atoms in total. The molecule has 1 heterocycles. The number of ketones is 1. The highest BCUT2D eigenvalue weighted by molar-refractivity contribution is 6.03. The molecule has 134 valence electrons. The fourth-order valence-corrected chi connectivity index (χ4v) is 2.76. The summed E-state index contributed by atoms with van der Waals surface area (Å²) in [7, 11) is 1.65. The zero-order valence-corrected chi connectivity index (χ0v) is 14.7. The zero-order chi connectivity index (χ0) is 18.7. The number of carbonyl (C=O) groups excluding carboxylic acids is 3. The minimum atomic E-state index is -0.211. The van der Waals surface area contributed by atoms with Crippen LogP contribution < -0.4 is 15.0 Å². The molecule has 0 aliphatic carbocycles. The van der Waals surface area contributed by atoms with E-state index in [1.807, 2.05) is 31.2 Å². The lowest BCUT2D eigenvalue weighted by molar-refractivity contribution is -0.121. The number of carbonyl (C=O) groups is 3. The van der Waals surface area contributed by atoms with E-state index < -0.39 is 0 Å². The van der Waals surface area contributed by atoms with Gasteiger partial charge in [-0.2, -0.15) is 0 Å². The lowest BCUT2D eigenvalue weighted by Gasteiger charge is -2.26. The second-order valence-electron chi connectivity index (χ2n) is 6.26. The molecule has 0 aromatic heterocycles. The Balaban J connectivity index is 1.62. The number of nitrogens with one attached hydrogen (secondary N) is 1. The van der Waals surface area contributed by atoms with Gasteiger partial charge in [0.2, 0.25) is 5.91 Å². The number of nitrogens with zero attached hydrogens (tertiary/aromatic N) is 1. The van der Waals surface area contributed by atoms with Crippen molar-refractivity contribution in [2.24, 2.45) is 0 Å². The number of ether oxygens (including phenoxy) is 1. The molecule has 1 aliphatic heterocycles. The maximum atomic E-state index is 12.4. The Labute approximate surface area is 151 Å². The molecule has 1 N–H and O–H groups in total. The van der Waals surface area contributed by atoms with Gasteiger partial charge in [-0.05, 0) is 42.8 Å². The Hall–Kier alpha value is -3.15. The number of hydrogen-bond acceptors (Lipinski definition) is 4. The second-order valence-corrected chi connectivity index (χ2v) is 6.26. The third kappa shape index (κ3) is 3.91. The Morgan fingerprint density at radius 2 is 1.96 bits per heavy atom. The highest BCUT2D eigenvalue weighted by Crippen LogP contribution is 2.32. The number of anilines is 2. The first-order chi connectivity index (χ1) is 12.4. The topological polar surface area (TPSA) is 75.7 Å². The smallest absolute Gasteiger partial charge is 0.264 e. The van der Waals surface area contributed by atoms with Gasteiger partial charge in [-0.3, -0.25) is 14.4 Å². The van der Waals surface area contributed by atoms with Gasteiger partial charge >= 0.3 is 0 Å². The number of rotatable bonds is 5.